The molecule has 228 valence electrons. The van der Waals surface area contributed by atoms with E-state index in [1.54, 1.807) is 6.92 Å². The van der Waals surface area contributed by atoms with Gasteiger partial charge < -0.3 is 20.0 Å². The van der Waals surface area contributed by atoms with E-state index in [9.17, 15) is 14.4 Å². The zero-order chi connectivity index (χ0) is 31.3. The van der Waals surface area contributed by atoms with Crippen LogP contribution in [0.2, 0.25) is 0 Å². The Bertz CT molecular complexity index is 1700. The molecule has 43 heavy (non-hydrogen) atoms. The standard InChI is InChI=1S/C33H38Cl2N4O4/c1-6-7-21-14-22(15-26-19(3)25(11-13-35)33(42)38-26)36-28(21)17-29-23(8-9-31(40)43-5)18(2)27(37-29)16-30-24(10-12-34)20(4)32(41)39-30/h14-17,36-37H,6-13H2,1-5H3,(H,39,41)/b22-15?,28-17-,30-16-. The summed E-state index contributed by atoms with van der Waals surface area (Å²) in [5, 5.41) is 4.73. The van der Waals surface area contributed by atoms with Gasteiger partial charge in [0.2, 0.25) is 0 Å². The van der Waals surface area contributed by atoms with E-state index in [0.29, 0.717) is 47.9 Å². The van der Waals surface area contributed by atoms with Crippen molar-refractivity contribution in [2.24, 2.45) is 4.99 Å². The highest BCUT2D eigenvalue weighted by molar-refractivity contribution is 6.31. The lowest BCUT2D eigenvalue weighted by Crippen LogP contribution is -2.15. The SMILES string of the molecule is CCCc1cc(=CC2=NC(=O)C(CCCl)=C2C)[nH]/c1=C\c1[nH]c(/C=C2\NC(=O)C(C)=C2CCCl)c(C)c1CCC(=O)OC. The lowest BCUT2D eigenvalue weighted by molar-refractivity contribution is -0.140. The average Bonchev–Trinajstić information content (AvgIpc) is 3.65. The Labute approximate surface area is 261 Å². The topological polar surface area (TPSA) is 116 Å². The summed E-state index contributed by atoms with van der Waals surface area (Å²) in [7, 11) is 1.39. The summed E-state index contributed by atoms with van der Waals surface area (Å²) in [4.78, 5) is 48.2. The van der Waals surface area contributed by atoms with Crippen molar-refractivity contribution in [1.82, 2.24) is 15.3 Å². The van der Waals surface area contributed by atoms with Gasteiger partial charge >= 0.3 is 5.97 Å². The van der Waals surface area contributed by atoms with Crippen LogP contribution in [0.1, 0.15) is 74.5 Å². The van der Waals surface area contributed by atoms with E-state index in [2.05, 4.69) is 39.3 Å². The second-order valence-electron chi connectivity index (χ2n) is 10.7. The smallest absolute Gasteiger partial charge is 0.305 e. The molecule has 10 heteroatoms. The number of hydrogen-bond acceptors (Lipinski definition) is 4. The maximum atomic E-state index is 12.4. The second kappa shape index (κ2) is 14.2. The molecule has 2 amide bonds. The Morgan fingerprint density at radius 1 is 0.930 bits per heavy atom. The number of allylic oxidation sites excluding steroid dienone is 2. The van der Waals surface area contributed by atoms with E-state index in [1.807, 2.05) is 26.0 Å². The highest BCUT2D eigenvalue weighted by Gasteiger charge is 2.24. The van der Waals surface area contributed by atoms with Crippen molar-refractivity contribution in [3.05, 3.63) is 72.8 Å². The molecule has 0 spiro atoms. The maximum absolute atomic E-state index is 12.4. The molecule has 0 radical (unpaired) electrons. The quantitative estimate of drug-likeness (QED) is 0.235. The van der Waals surface area contributed by atoms with Crippen LogP contribution < -0.4 is 16.0 Å². The van der Waals surface area contributed by atoms with Gasteiger partial charge in [-0.3, -0.25) is 14.4 Å². The fraction of sp³-hybridized carbons (Fsp3) is 0.394. The molecular weight excluding hydrogens is 587 g/mol. The Morgan fingerprint density at radius 2 is 1.65 bits per heavy atom. The summed E-state index contributed by atoms with van der Waals surface area (Å²) in [6, 6.07) is 2.09. The predicted molar refractivity (Wildman–Crippen MR) is 173 cm³/mol. The van der Waals surface area contributed by atoms with Gasteiger partial charge in [-0.15, -0.1) is 23.2 Å². The third-order valence-corrected chi connectivity index (χ3v) is 8.35. The van der Waals surface area contributed by atoms with E-state index < -0.39 is 0 Å². The molecule has 2 aromatic heterocycles. The van der Waals surface area contributed by atoms with Gasteiger partial charge in [0.15, 0.2) is 0 Å². The number of ether oxygens (including phenoxy) is 1. The van der Waals surface area contributed by atoms with Crippen LogP contribution in [-0.2, 0) is 32.0 Å². The average molecular weight is 626 g/mol. The summed E-state index contributed by atoms with van der Waals surface area (Å²) in [6.07, 6.45) is 9.46. The molecule has 0 fully saturated rings. The first-order chi connectivity index (χ1) is 20.6. The van der Waals surface area contributed by atoms with Crippen LogP contribution >= 0.6 is 23.2 Å². The first-order valence-electron chi connectivity index (χ1n) is 14.5. The van der Waals surface area contributed by atoms with Gasteiger partial charge in [-0.05, 0) is 98.6 Å². The monoisotopic (exact) mass is 624 g/mol. The van der Waals surface area contributed by atoms with Gasteiger partial charge in [-0.2, -0.15) is 0 Å². The summed E-state index contributed by atoms with van der Waals surface area (Å²) in [5.74, 6) is 0.133. The number of methoxy groups -OCH3 is 1. The molecule has 0 aromatic carbocycles. The molecule has 0 unspecified atom stereocenters. The third kappa shape index (κ3) is 7.13. The number of rotatable bonds is 12. The predicted octanol–water partition coefficient (Wildman–Crippen LogP) is 4.66. The minimum Gasteiger partial charge on any atom is -0.469 e. The highest BCUT2D eigenvalue weighted by Crippen LogP contribution is 2.29. The summed E-state index contributed by atoms with van der Waals surface area (Å²) in [5.41, 5.74) is 9.23. The van der Waals surface area contributed by atoms with Crippen LogP contribution in [0.4, 0.5) is 0 Å². The Balaban J connectivity index is 1.83. The number of H-pyrrole nitrogens is 2. The van der Waals surface area contributed by atoms with E-state index in [4.69, 9.17) is 27.9 Å². The largest absolute Gasteiger partial charge is 0.469 e. The third-order valence-electron chi connectivity index (χ3n) is 7.97. The second-order valence-corrected chi connectivity index (χ2v) is 11.5. The minimum absolute atomic E-state index is 0.124. The number of amides is 2. The molecule has 2 aliphatic rings. The molecule has 3 N–H and O–H groups in total. The van der Waals surface area contributed by atoms with Crippen molar-refractivity contribution in [2.45, 2.75) is 66.2 Å². The van der Waals surface area contributed by atoms with Crippen molar-refractivity contribution >= 4 is 64.9 Å². The fourth-order valence-electron chi connectivity index (χ4n) is 5.53. The van der Waals surface area contributed by atoms with Crippen molar-refractivity contribution in [2.75, 3.05) is 18.9 Å². The number of alkyl halides is 2. The molecule has 2 aromatic rings. The number of carbonyl (C=O) groups is 3. The Morgan fingerprint density at radius 3 is 2.33 bits per heavy atom. The number of halogens is 2. The molecular formula is C33H38Cl2N4O4. The van der Waals surface area contributed by atoms with Crippen molar-refractivity contribution in [1.29, 1.82) is 0 Å². The molecule has 0 atom stereocenters. The van der Waals surface area contributed by atoms with Crippen molar-refractivity contribution in [3.63, 3.8) is 0 Å². The van der Waals surface area contributed by atoms with Gasteiger partial charge in [0.1, 0.15) is 0 Å². The molecule has 4 heterocycles. The zero-order valence-electron chi connectivity index (χ0n) is 25.3. The lowest BCUT2D eigenvalue weighted by atomic mass is 10.0. The Hall–Kier alpha value is -3.62. The first kappa shape index (κ1) is 32.3. The van der Waals surface area contributed by atoms with E-state index in [1.165, 1.54) is 7.11 Å². The minimum atomic E-state index is -0.287. The summed E-state index contributed by atoms with van der Waals surface area (Å²) < 4.78 is 4.91. The molecule has 0 saturated heterocycles. The Kier molecular flexibility index (Phi) is 10.7. The van der Waals surface area contributed by atoms with Crippen LogP contribution in [0, 0.1) is 6.92 Å². The summed E-state index contributed by atoms with van der Waals surface area (Å²) in [6.45, 7) is 7.84. The number of hydrogen-bond donors (Lipinski definition) is 3. The van der Waals surface area contributed by atoms with Gasteiger partial charge in [-0.1, -0.05) is 13.3 Å². The normalized spacial score (nSPS) is 17.2. The van der Waals surface area contributed by atoms with Crippen LogP contribution in [0.25, 0.3) is 18.2 Å². The van der Waals surface area contributed by atoms with Crippen LogP contribution in [0.15, 0.2) is 39.0 Å². The number of aryl methyl sites for hydroxylation is 1. The van der Waals surface area contributed by atoms with Crippen molar-refractivity contribution < 1.29 is 19.1 Å². The lowest BCUT2D eigenvalue weighted by Gasteiger charge is -2.05. The van der Waals surface area contributed by atoms with Gasteiger partial charge in [0.05, 0.1) is 12.8 Å². The number of carbonyl (C=O) groups excluding carboxylic acids is 3. The molecule has 0 aliphatic carbocycles. The molecule has 4 rings (SSSR count). The number of esters is 1. The number of aliphatic imine (C=N–C) groups is 1. The van der Waals surface area contributed by atoms with E-state index >= 15 is 0 Å². The maximum Gasteiger partial charge on any atom is 0.305 e. The van der Waals surface area contributed by atoms with Crippen LogP contribution in [0.5, 0.6) is 0 Å². The molecule has 2 aliphatic heterocycles. The van der Waals surface area contributed by atoms with Crippen LogP contribution in [0.3, 0.4) is 0 Å². The fourth-order valence-corrected chi connectivity index (χ4v) is 5.91. The zero-order valence-corrected chi connectivity index (χ0v) is 26.8. The number of nitrogens with zero attached hydrogens (tertiary/aromatic N) is 1. The first-order valence-corrected chi connectivity index (χ1v) is 15.6. The van der Waals surface area contributed by atoms with E-state index in [-0.39, 0.29) is 24.2 Å². The van der Waals surface area contributed by atoms with Gasteiger partial charge in [0.25, 0.3) is 11.8 Å². The molecule has 0 saturated carbocycles. The van der Waals surface area contributed by atoms with Crippen LogP contribution in [-0.4, -0.2) is 52.3 Å². The van der Waals surface area contributed by atoms with Gasteiger partial charge in [0, 0.05) is 57.1 Å². The molecule has 0 bridgehead atoms. The molecule has 8 nitrogen and oxygen atoms in total. The highest BCUT2D eigenvalue weighted by atomic mass is 35.5. The summed E-state index contributed by atoms with van der Waals surface area (Å²) >= 11 is 11.9. The number of nitrogens with one attached hydrogen (secondary N) is 3. The van der Waals surface area contributed by atoms with Crippen molar-refractivity contribution in [3.8, 4) is 0 Å². The number of aromatic amines is 2. The van der Waals surface area contributed by atoms with E-state index in [0.717, 1.165) is 68.5 Å². The van der Waals surface area contributed by atoms with Gasteiger partial charge in [-0.25, -0.2) is 4.99 Å². The number of aromatic nitrogens is 2.